The summed E-state index contributed by atoms with van der Waals surface area (Å²) in [6, 6.07) is 0. The highest BCUT2D eigenvalue weighted by Crippen LogP contribution is 2.45. The molecule has 2 aliphatic rings. The number of aliphatic hydroxyl groups excluding tert-OH is 1. The largest absolute Gasteiger partial charge is 0.513 e. The van der Waals surface area contributed by atoms with Crippen molar-refractivity contribution in [3.8, 4) is 0 Å². The summed E-state index contributed by atoms with van der Waals surface area (Å²) in [5.41, 5.74) is 4.48. The molecule has 0 bridgehead atoms. The molecular formula is C40H71NO8. The molecule has 0 radical (unpaired) electrons. The van der Waals surface area contributed by atoms with Gasteiger partial charge in [-0.15, -0.1) is 0 Å². The van der Waals surface area contributed by atoms with Crippen molar-refractivity contribution in [2.24, 2.45) is 35.3 Å². The van der Waals surface area contributed by atoms with E-state index in [1.807, 2.05) is 34.6 Å². The highest BCUT2D eigenvalue weighted by molar-refractivity contribution is 5.96. The Labute approximate surface area is 298 Å². The van der Waals surface area contributed by atoms with E-state index >= 15 is 0 Å². The number of ketones is 1. The molecule has 1 saturated heterocycles. The summed E-state index contributed by atoms with van der Waals surface area (Å²) in [5.74, 6) is -2.62. The van der Waals surface area contributed by atoms with Gasteiger partial charge in [0.25, 0.3) is 0 Å². The monoisotopic (exact) mass is 694 g/mol. The predicted octanol–water partition coefficient (Wildman–Crippen LogP) is 8.15. The zero-order valence-electron chi connectivity index (χ0n) is 33.2. The SMILES string of the molecule is C=C([C@@H](C)[C@@H](C)[C@H](C)[C@@H](C)O[C@H](C)[C@@H](CC)C(=C)O)[C@H](CC)[C@H](C)O[C@@]1(C)C=CC(=O)[C@@](C)(OC(C)(C)[C@@]2(N)CC[C@](O)(CC)[C@H](C)O2)O1. The molecule has 1 fully saturated rings. The molecule has 2 heterocycles. The molecule has 9 heteroatoms. The Bertz CT molecular complexity index is 1190. The van der Waals surface area contributed by atoms with Crippen LogP contribution in [0.2, 0.25) is 0 Å². The minimum atomic E-state index is -1.70. The van der Waals surface area contributed by atoms with Crippen LogP contribution in [0.1, 0.15) is 129 Å². The van der Waals surface area contributed by atoms with E-state index in [1.165, 1.54) is 6.08 Å². The normalized spacial score (nSPS) is 34.4. The zero-order valence-corrected chi connectivity index (χ0v) is 33.2. The molecule has 13 atom stereocenters. The Kier molecular flexibility index (Phi) is 14.6. The number of carbonyl (C=O) groups excluding carboxylic acids is 1. The van der Waals surface area contributed by atoms with Crippen molar-refractivity contribution in [1.29, 1.82) is 0 Å². The van der Waals surface area contributed by atoms with Crippen LogP contribution in [0.5, 0.6) is 0 Å². The highest BCUT2D eigenvalue weighted by atomic mass is 16.8. The van der Waals surface area contributed by atoms with Gasteiger partial charge >= 0.3 is 0 Å². The van der Waals surface area contributed by atoms with Gasteiger partial charge < -0.3 is 39.6 Å². The first kappa shape index (κ1) is 43.6. The van der Waals surface area contributed by atoms with Gasteiger partial charge in [0.1, 0.15) is 11.3 Å². The maximum atomic E-state index is 13.3. The van der Waals surface area contributed by atoms with E-state index in [0.29, 0.717) is 19.3 Å². The van der Waals surface area contributed by atoms with Crippen molar-refractivity contribution in [3.63, 3.8) is 0 Å². The van der Waals surface area contributed by atoms with Crippen LogP contribution in [0.25, 0.3) is 0 Å². The van der Waals surface area contributed by atoms with Crippen molar-refractivity contribution < 1.29 is 38.7 Å². The Morgan fingerprint density at radius 1 is 1.00 bits per heavy atom. The van der Waals surface area contributed by atoms with Crippen LogP contribution in [0.3, 0.4) is 0 Å². The topological polar surface area (TPSA) is 130 Å². The van der Waals surface area contributed by atoms with Crippen LogP contribution in [0, 0.1) is 29.6 Å². The average Bonchev–Trinajstić information content (AvgIpc) is 3.00. The van der Waals surface area contributed by atoms with Gasteiger partial charge in [0.15, 0.2) is 5.79 Å². The highest BCUT2D eigenvalue weighted by Gasteiger charge is 2.57. The van der Waals surface area contributed by atoms with Crippen molar-refractivity contribution in [1.82, 2.24) is 0 Å². The van der Waals surface area contributed by atoms with Crippen LogP contribution < -0.4 is 5.73 Å². The van der Waals surface area contributed by atoms with Gasteiger partial charge in [-0.25, -0.2) is 0 Å². The van der Waals surface area contributed by atoms with E-state index in [2.05, 4.69) is 47.8 Å². The van der Waals surface area contributed by atoms with E-state index in [0.717, 1.165) is 18.4 Å². The molecule has 2 aliphatic heterocycles. The molecule has 0 aromatic carbocycles. The lowest BCUT2D eigenvalue weighted by atomic mass is 9.74. The second-order valence-electron chi connectivity index (χ2n) is 16.0. The fraction of sp³-hybridized carbons (Fsp3) is 0.825. The second-order valence-corrected chi connectivity index (χ2v) is 16.0. The quantitative estimate of drug-likeness (QED) is 0.0962. The number of ether oxygens (including phenoxy) is 5. The number of hydrogen-bond donors (Lipinski definition) is 3. The van der Waals surface area contributed by atoms with E-state index in [4.69, 9.17) is 29.4 Å². The van der Waals surface area contributed by atoms with Gasteiger partial charge in [-0.2, -0.15) is 0 Å². The minimum Gasteiger partial charge on any atom is -0.513 e. The number of carbonyl (C=O) groups is 1. The third kappa shape index (κ3) is 9.65. The van der Waals surface area contributed by atoms with Gasteiger partial charge in [0, 0.05) is 11.8 Å². The van der Waals surface area contributed by atoms with Gasteiger partial charge in [-0.3, -0.25) is 4.79 Å². The van der Waals surface area contributed by atoms with Crippen molar-refractivity contribution >= 4 is 5.78 Å². The third-order valence-corrected chi connectivity index (χ3v) is 12.2. The van der Waals surface area contributed by atoms with Gasteiger partial charge in [0.05, 0.1) is 35.8 Å². The molecule has 0 spiro atoms. The Morgan fingerprint density at radius 3 is 2.06 bits per heavy atom. The number of hydrogen-bond acceptors (Lipinski definition) is 9. The number of rotatable bonds is 18. The van der Waals surface area contributed by atoms with Crippen LogP contribution in [0.15, 0.2) is 36.6 Å². The molecule has 49 heavy (non-hydrogen) atoms. The number of aliphatic hydroxyl groups is 2. The van der Waals surface area contributed by atoms with Crippen LogP contribution in [-0.2, 0) is 28.5 Å². The zero-order chi connectivity index (χ0) is 37.9. The Balaban J connectivity index is 2.17. The number of nitrogens with two attached hydrogens (primary N) is 1. The Hall–Kier alpha value is -1.59. The maximum Gasteiger partial charge on any atom is 0.233 e. The fourth-order valence-corrected chi connectivity index (χ4v) is 7.85. The van der Waals surface area contributed by atoms with Crippen molar-refractivity contribution in [2.75, 3.05) is 0 Å². The summed E-state index contributed by atoms with van der Waals surface area (Å²) >= 11 is 0. The minimum absolute atomic E-state index is 0.0128. The molecule has 0 saturated carbocycles. The van der Waals surface area contributed by atoms with Crippen LogP contribution in [0.4, 0.5) is 0 Å². The van der Waals surface area contributed by atoms with E-state index in [-0.39, 0.29) is 59.4 Å². The summed E-state index contributed by atoms with van der Waals surface area (Å²) in [6.45, 7) is 35.9. The lowest BCUT2D eigenvalue weighted by Gasteiger charge is -2.54. The molecular weight excluding hydrogens is 622 g/mol. The van der Waals surface area contributed by atoms with Crippen LogP contribution >= 0.6 is 0 Å². The van der Waals surface area contributed by atoms with Crippen molar-refractivity contribution in [3.05, 3.63) is 36.6 Å². The smallest absolute Gasteiger partial charge is 0.233 e. The molecule has 284 valence electrons. The lowest BCUT2D eigenvalue weighted by molar-refractivity contribution is -0.372. The summed E-state index contributed by atoms with van der Waals surface area (Å²) in [4.78, 5) is 13.3. The van der Waals surface area contributed by atoms with Gasteiger partial charge in [0.2, 0.25) is 11.6 Å². The average molecular weight is 694 g/mol. The molecule has 9 nitrogen and oxygen atoms in total. The second kappa shape index (κ2) is 16.4. The molecule has 4 N–H and O–H groups in total. The first-order chi connectivity index (χ1) is 22.4. The molecule has 0 aromatic heterocycles. The molecule has 0 aliphatic carbocycles. The van der Waals surface area contributed by atoms with Crippen molar-refractivity contribution in [2.45, 2.75) is 182 Å². The molecule has 2 rings (SSSR count). The third-order valence-electron chi connectivity index (χ3n) is 12.2. The Morgan fingerprint density at radius 2 is 1.57 bits per heavy atom. The standard InChI is InChI=1S/C40H71NO8/c1-17-33(27(7)25(5)24(4)26(6)29(9)45-30(10)34(18-2)28(8)42)31(11)46-37(15)21-20-35(43)38(16,49-37)48-36(13,14)40(41)23-22-39(44,19-3)32(12)47-40/h20-21,24-26,29-34,42,44H,7-8,17-19,22-23,41H2,1-6,9-16H3/t24-,25+,26+,29-,30-,31+,32+,33+,34+,37-,38+,39-,40-/m1/s1. The maximum absolute atomic E-state index is 13.3. The van der Waals surface area contributed by atoms with Crippen LogP contribution in [-0.4, -0.2) is 68.9 Å². The van der Waals surface area contributed by atoms with Gasteiger partial charge in [-0.05, 0) is 117 Å². The fourth-order valence-electron chi connectivity index (χ4n) is 7.85. The molecule has 0 aromatic rings. The summed E-state index contributed by atoms with van der Waals surface area (Å²) < 4.78 is 32.2. The molecule has 0 amide bonds. The summed E-state index contributed by atoms with van der Waals surface area (Å²) in [6.07, 6.45) is 4.99. The first-order valence-electron chi connectivity index (χ1n) is 18.6. The van der Waals surface area contributed by atoms with Gasteiger partial charge in [-0.1, -0.05) is 60.3 Å². The summed E-state index contributed by atoms with van der Waals surface area (Å²) in [5, 5.41) is 21.0. The predicted molar refractivity (Wildman–Crippen MR) is 196 cm³/mol. The lowest BCUT2D eigenvalue weighted by Crippen LogP contribution is -2.70. The summed E-state index contributed by atoms with van der Waals surface area (Å²) in [7, 11) is 0. The first-order valence-corrected chi connectivity index (χ1v) is 18.6. The van der Waals surface area contributed by atoms with E-state index in [9.17, 15) is 15.0 Å². The van der Waals surface area contributed by atoms with E-state index < -0.39 is 34.6 Å². The van der Waals surface area contributed by atoms with E-state index in [1.54, 1.807) is 33.8 Å². The molecule has 0 unspecified atom stereocenters.